The van der Waals surface area contributed by atoms with Gasteiger partial charge in [0.2, 0.25) is 5.88 Å². The maximum Gasteiger partial charge on any atom is 0.364 e. The van der Waals surface area contributed by atoms with Crippen LogP contribution in [-0.4, -0.2) is 15.7 Å². The highest BCUT2D eigenvalue weighted by Gasteiger charge is 2.19. The van der Waals surface area contributed by atoms with Crippen molar-refractivity contribution in [3.8, 4) is 5.88 Å². The van der Waals surface area contributed by atoms with Crippen molar-refractivity contribution in [3.63, 3.8) is 0 Å². The lowest BCUT2D eigenvalue weighted by Gasteiger charge is -2.21. The van der Waals surface area contributed by atoms with E-state index in [2.05, 4.69) is 15.5 Å². The minimum atomic E-state index is -0.574. The zero-order valence-electron chi connectivity index (χ0n) is 16.4. The highest BCUT2D eigenvalue weighted by molar-refractivity contribution is 5.96. The van der Waals surface area contributed by atoms with Gasteiger partial charge in [-0.15, -0.1) is 5.11 Å². The van der Waals surface area contributed by atoms with Crippen molar-refractivity contribution < 1.29 is 9.90 Å². The van der Waals surface area contributed by atoms with Crippen molar-refractivity contribution >= 4 is 28.3 Å². The van der Waals surface area contributed by atoms with Crippen LogP contribution < -0.4 is 5.32 Å². The molecule has 0 saturated heterocycles. The van der Waals surface area contributed by atoms with Crippen LogP contribution in [0.4, 0.5) is 16.2 Å². The molecular weight excluding hydrogens is 364 g/mol. The van der Waals surface area contributed by atoms with Gasteiger partial charge in [0.05, 0.1) is 5.52 Å². The van der Waals surface area contributed by atoms with Crippen molar-refractivity contribution in [1.82, 2.24) is 4.57 Å². The zero-order chi connectivity index (χ0) is 20.1. The topological polar surface area (TPSA) is 79.0 Å². The first-order chi connectivity index (χ1) is 14.2. The molecule has 0 radical (unpaired) electrons. The molecular formula is C23H26N4O2. The van der Waals surface area contributed by atoms with Gasteiger partial charge in [0.1, 0.15) is 0 Å². The molecule has 0 aliphatic heterocycles. The highest BCUT2D eigenvalue weighted by atomic mass is 16.3. The number of nitrogens with one attached hydrogen (secondary N) is 1. The predicted molar refractivity (Wildman–Crippen MR) is 115 cm³/mol. The molecule has 3 aromatic rings. The number of hydrogen-bond acceptors (Lipinski definition) is 3. The molecule has 0 spiro atoms. The number of carbonyl (C=O) groups is 1. The minimum absolute atomic E-state index is 0.0678. The van der Waals surface area contributed by atoms with Crippen molar-refractivity contribution in [2.45, 2.75) is 45.1 Å². The Morgan fingerprint density at radius 1 is 1.03 bits per heavy atom. The molecule has 6 heteroatoms. The molecule has 1 aliphatic rings. The SMILES string of the molecule is O=C(N=Nc1c(O)n(CCC2CCCCC2)c2ccccc12)Nc1ccccc1. The van der Waals surface area contributed by atoms with Crippen LogP contribution in [0, 0.1) is 5.92 Å². The largest absolute Gasteiger partial charge is 0.493 e. The normalized spacial score (nSPS) is 15.2. The molecule has 1 saturated carbocycles. The fourth-order valence-electron chi connectivity index (χ4n) is 4.15. The van der Waals surface area contributed by atoms with E-state index in [1.54, 1.807) is 12.1 Å². The number of aromatic nitrogens is 1. The molecule has 2 amide bonds. The average molecular weight is 390 g/mol. The van der Waals surface area contributed by atoms with Gasteiger partial charge < -0.3 is 15.0 Å². The molecule has 2 aromatic carbocycles. The van der Waals surface area contributed by atoms with Crippen molar-refractivity contribution in [2.24, 2.45) is 16.1 Å². The van der Waals surface area contributed by atoms with Crippen LogP contribution in [0.5, 0.6) is 5.88 Å². The number of amides is 2. The van der Waals surface area contributed by atoms with Gasteiger partial charge in [-0.2, -0.15) is 0 Å². The summed E-state index contributed by atoms with van der Waals surface area (Å²) >= 11 is 0. The van der Waals surface area contributed by atoms with Gasteiger partial charge in [-0.05, 0) is 30.5 Å². The number of nitrogens with zero attached hydrogens (tertiary/aromatic N) is 3. The van der Waals surface area contributed by atoms with Crippen LogP contribution >= 0.6 is 0 Å². The van der Waals surface area contributed by atoms with E-state index in [1.807, 2.05) is 47.0 Å². The van der Waals surface area contributed by atoms with E-state index in [1.165, 1.54) is 32.1 Å². The summed E-state index contributed by atoms with van der Waals surface area (Å²) in [7, 11) is 0. The van der Waals surface area contributed by atoms with Gasteiger partial charge in [-0.25, -0.2) is 4.79 Å². The Balaban J connectivity index is 1.54. The maximum atomic E-state index is 12.1. The molecule has 0 atom stereocenters. The lowest BCUT2D eigenvalue weighted by Crippen LogP contribution is -2.09. The molecule has 150 valence electrons. The van der Waals surface area contributed by atoms with Crippen molar-refractivity contribution in [3.05, 3.63) is 54.6 Å². The van der Waals surface area contributed by atoms with Gasteiger partial charge in [-0.1, -0.05) is 73.6 Å². The van der Waals surface area contributed by atoms with Gasteiger partial charge in [0, 0.05) is 17.6 Å². The van der Waals surface area contributed by atoms with Gasteiger partial charge >= 0.3 is 6.03 Å². The van der Waals surface area contributed by atoms with E-state index in [4.69, 9.17) is 0 Å². The molecule has 0 unspecified atom stereocenters. The summed E-state index contributed by atoms with van der Waals surface area (Å²) in [5, 5.41) is 22.1. The summed E-state index contributed by atoms with van der Waals surface area (Å²) in [4.78, 5) is 12.1. The molecule has 1 fully saturated rings. The summed E-state index contributed by atoms with van der Waals surface area (Å²) < 4.78 is 1.90. The smallest absolute Gasteiger partial charge is 0.364 e. The summed E-state index contributed by atoms with van der Waals surface area (Å²) in [6.45, 7) is 0.739. The number of urea groups is 1. The third-order valence-electron chi connectivity index (χ3n) is 5.67. The second-order valence-corrected chi connectivity index (χ2v) is 7.63. The van der Waals surface area contributed by atoms with Crippen LogP contribution in [0.25, 0.3) is 10.9 Å². The van der Waals surface area contributed by atoms with Crippen LogP contribution in [0.2, 0.25) is 0 Å². The number of anilines is 1. The van der Waals surface area contributed by atoms with E-state index in [9.17, 15) is 9.90 Å². The second kappa shape index (κ2) is 8.90. The quantitative estimate of drug-likeness (QED) is 0.479. The summed E-state index contributed by atoms with van der Waals surface area (Å²) in [5.41, 5.74) is 1.90. The number of hydrogen-bond donors (Lipinski definition) is 2. The van der Waals surface area contributed by atoms with Gasteiger partial charge in [0.25, 0.3) is 0 Å². The summed E-state index contributed by atoms with van der Waals surface area (Å²) in [5.74, 6) is 0.782. The Hall–Kier alpha value is -3.15. The number of benzene rings is 2. The summed E-state index contributed by atoms with van der Waals surface area (Å²) in [6, 6.07) is 16.2. The van der Waals surface area contributed by atoms with Crippen LogP contribution in [0.1, 0.15) is 38.5 Å². The Morgan fingerprint density at radius 3 is 2.55 bits per heavy atom. The molecule has 1 heterocycles. The first-order valence-electron chi connectivity index (χ1n) is 10.3. The third kappa shape index (κ3) is 4.47. The lowest BCUT2D eigenvalue weighted by atomic mass is 9.87. The lowest BCUT2D eigenvalue weighted by molar-refractivity contribution is 0.258. The molecule has 6 nitrogen and oxygen atoms in total. The molecule has 29 heavy (non-hydrogen) atoms. The molecule has 4 rings (SSSR count). The number of aryl methyl sites for hydroxylation is 1. The Labute approximate surface area is 170 Å². The van der Waals surface area contributed by atoms with Crippen molar-refractivity contribution in [2.75, 3.05) is 5.32 Å². The van der Waals surface area contributed by atoms with E-state index in [0.29, 0.717) is 17.3 Å². The Morgan fingerprint density at radius 2 is 1.76 bits per heavy atom. The number of azo groups is 1. The number of aromatic hydroxyl groups is 1. The third-order valence-corrected chi connectivity index (χ3v) is 5.67. The monoisotopic (exact) mass is 390 g/mol. The first-order valence-corrected chi connectivity index (χ1v) is 10.3. The number of rotatable bonds is 5. The average Bonchev–Trinajstić information content (AvgIpc) is 3.03. The second-order valence-electron chi connectivity index (χ2n) is 7.63. The minimum Gasteiger partial charge on any atom is -0.493 e. The van der Waals surface area contributed by atoms with E-state index >= 15 is 0 Å². The Bertz CT molecular complexity index is 1000. The van der Waals surface area contributed by atoms with Crippen LogP contribution in [-0.2, 0) is 6.54 Å². The number of para-hydroxylation sites is 2. The van der Waals surface area contributed by atoms with E-state index in [0.717, 1.165) is 23.9 Å². The first kappa shape index (κ1) is 19.2. The standard InChI is InChI=1S/C23H26N4O2/c28-22-21(25-26-23(29)24-18-11-5-2-6-12-18)19-13-7-8-14-20(19)27(22)16-15-17-9-3-1-4-10-17/h2,5-8,11-14,17,28H,1,3-4,9-10,15-16H2,(H,24,29). The molecule has 1 aromatic heterocycles. The predicted octanol–water partition coefficient (Wildman–Crippen LogP) is 6.63. The molecule has 0 bridgehead atoms. The number of carbonyl (C=O) groups excluding carboxylic acids is 1. The maximum absolute atomic E-state index is 12.1. The van der Waals surface area contributed by atoms with Crippen LogP contribution in [0.3, 0.4) is 0 Å². The fourth-order valence-corrected chi connectivity index (χ4v) is 4.15. The zero-order valence-corrected chi connectivity index (χ0v) is 16.4. The van der Waals surface area contributed by atoms with E-state index in [-0.39, 0.29) is 5.88 Å². The highest BCUT2D eigenvalue weighted by Crippen LogP contribution is 2.39. The fraction of sp³-hybridized carbons (Fsp3) is 0.348. The Kier molecular flexibility index (Phi) is 5.89. The number of fused-ring (bicyclic) bond motifs is 1. The molecule has 2 N–H and O–H groups in total. The van der Waals surface area contributed by atoms with Crippen molar-refractivity contribution in [1.29, 1.82) is 0 Å². The van der Waals surface area contributed by atoms with Gasteiger partial charge in [0.15, 0.2) is 5.69 Å². The van der Waals surface area contributed by atoms with Gasteiger partial charge in [-0.3, -0.25) is 0 Å². The van der Waals surface area contributed by atoms with Crippen LogP contribution in [0.15, 0.2) is 64.8 Å². The summed E-state index contributed by atoms with van der Waals surface area (Å²) in [6.07, 6.45) is 7.53. The van der Waals surface area contributed by atoms with E-state index < -0.39 is 6.03 Å². The molecule has 1 aliphatic carbocycles.